The van der Waals surface area contributed by atoms with Crippen LogP contribution < -0.4 is 25.4 Å². The van der Waals surface area contributed by atoms with Gasteiger partial charge in [-0.2, -0.15) is 21.2 Å². The van der Waals surface area contributed by atoms with Crippen LogP contribution in [-0.2, 0) is 15.5 Å². The number of hydrogen-bond acceptors (Lipinski definition) is 5. The fourth-order valence-corrected chi connectivity index (χ4v) is 6.87. The average Bonchev–Trinajstić information content (AvgIpc) is 3.32. The van der Waals surface area contributed by atoms with E-state index in [2.05, 4.69) is 47.8 Å². The second-order valence-corrected chi connectivity index (χ2v) is 10.3. The van der Waals surface area contributed by atoms with E-state index in [-0.39, 0.29) is 45.7 Å². The lowest BCUT2D eigenvalue weighted by Crippen LogP contribution is -2.45. The molecule has 9 nitrogen and oxygen atoms in total. The van der Waals surface area contributed by atoms with Crippen LogP contribution in [0.1, 0.15) is 37.1 Å². The number of nitrogens with zero attached hydrogens (tertiary/aromatic N) is 2. The number of rotatable bonds is 8. The Balaban J connectivity index is 1.33. The van der Waals surface area contributed by atoms with Gasteiger partial charge in [0.05, 0.1) is 22.7 Å². The summed E-state index contributed by atoms with van der Waals surface area (Å²) in [5.41, 5.74) is 1.61. The number of amides is 3. The second-order valence-electron chi connectivity index (χ2n) is 7.87. The van der Waals surface area contributed by atoms with E-state index in [1.165, 1.54) is 6.07 Å². The molecule has 0 radical (unpaired) electrons. The van der Waals surface area contributed by atoms with Crippen molar-refractivity contribution < 1.29 is 19.0 Å². The summed E-state index contributed by atoms with van der Waals surface area (Å²) in [6, 6.07) is 5.01. The van der Waals surface area contributed by atoms with Gasteiger partial charge in [0.25, 0.3) is 22.4 Å². The van der Waals surface area contributed by atoms with E-state index in [9.17, 15) is 20.0 Å². The van der Waals surface area contributed by atoms with E-state index in [0.29, 0.717) is 28.7 Å². The van der Waals surface area contributed by atoms with Crippen molar-refractivity contribution in [2.24, 2.45) is 0 Å². The molecule has 12 heteroatoms. The SMILES string of the molecule is O=C(CCCC[C@@H]1SC[C@@H]2NC(=O)N[C@@H]21)Nc1ccc2c(c1)[n+]([O-])c(CBr)c(CBr)[n+]2[O-]. The van der Waals surface area contributed by atoms with E-state index >= 15 is 0 Å². The van der Waals surface area contributed by atoms with E-state index in [1.54, 1.807) is 12.1 Å². The van der Waals surface area contributed by atoms with Crippen LogP contribution in [0.15, 0.2) is 18.2 Å². The first kappa shape index (κ1) is 23.4. The molecule has 3 heterocycles. The first-order valence-corrected chi connectivity index (χ1v) is 13.6. The van der Waals surface area contributed by atoms with Gasteiger partial charge >= 0.3 is 6.03 Å². The third kappa shape index (κ3) is 4.62. The Morgan fingerprint density at radius 1 is 1.12 bits per heavy atom. The standard InChI is InChI=1S/C20H23Br2N5O4S/c21-8-15-16(9-22)27(31)14-7-11(5-6-13(14)26(15)30)23-18(28)4-2-1-3-17-19-12(10-32-17)24-20(29)25-19/h5-7,12,17,19H,1-4,8-10H2,(H,23,28)(H2,24,25,29)/t12-,17-,19-/m0/s1. The maximum Gasteiger partial charge on any atom is 0.315 e. The molecule has 1 aromatic carbocycles. The van der Waals surface area contributed by atoms with Gasteiger partial charge < -0.3 is 26.4 Å². The molecule has 0 aliphatic carbocycles. The zero-order valence-electron chi connectivity index (χ0n) is 17.1. The minimum Gasteiger partial charge on any atom is -0.618 e. The molecule has 3 amide bonds. The monoisotopic (exact) mass is 587 g/mol. The summed E-state index contributed by atoms with van der Waals surface area (Å²) in [5.74, 6) is 0.787. The predicted molar refractivity (Wildman–Crippen MR) is 130 cm³/mol. The number of anilines is 1. The quantitative estimate of drug-likeness (QED) is 0.144. The highest BCUT2D eigenvalue weighted by molar-refractivity contribution is 9.09. The lowest BCUT2D eigenvalue weighted by molar-refractivity contribution is -0.638. The van der Waals surface area contributed by atoms with Crippen molar-refractivity contribution in [1.29, 1.82) is 0 Å². The second kappa shape index (κ2) is 10.0. The molecule has 2 fully saturated rings. The Labute approximate surface area is 206 Å². The molecule has 4 rings (SSSR count). The average molecular weight is 589 g/mol. The number of aromatic nitrogens is 2. The Hall–Kier alpha value is -1.79. The van der Waals surface area contributed by atoms with Gasteiger partial charge in [-0.25, -0.2) is 4.79 Å². The molecule has 3 N–H and O–H groups in total. The van der Waals surface area contributed by atoms with Gasteiger partial charge in [-0.3, -0.25) is 4.79 Å². The fraction of sp³-hybridized carbons (Fsp3) is 0.500. The highest BCUT2D eigenvalue weighted by atomic mass is 79.9. The smallest absolute Gasteiger partial charge is 0.315 e. The number of alkyl halides is 2. The molecule has 2 saturated heterocycles. The van der Waals surface area contributed by atoms with Crippen molar-refractivity contribution in [3.8, 4) is 0 Å². The van der Waals surface area contributed by atoms with Gasteiger partial charge in [0, 0.05) is 35.2 Å². The number of benzene rings is 1. The van der Waals surface area contributed by atoms with Crippen molar-refractivity contribution >= 4 is 72.3 Å². The highest BCUT2D eigenvalue weighted by Gasteiger charge is 2.42. The van der Waals surface area contributed by atoms with Gasteiger partial charge in [0.2, 0.25) is 5.91 Å². The summed E-state index contributed by atoms with van der Waals surface area (Å²) in [4.78, 5) is 23.9. The summed E-state index contributed by atoms with van der Waals surface area (Å²) >= 11 is 8.39. The first-order valence-electron chi connectivity index (χ1n) is 10.3. The molecule has 0 spiro atoms. The normalized spacial score (nSPS) is 21.9. The van der Waals surface area contributed by atoms with Gasteiger partial charge in [-0.05, 0) is 18.9 Å². The minimum atomic E-state index is -0.137. The molecule has 172 valence electrons. The van der Waals surface area contributed by atoms with E-state index in [1.807, 2.05) is 11.8 Å². The maximum absolute atomic E-state index is 12.7. The molecule has 32 heavy (non-hydrogen) atoms. The van der Waals surface area contributed by atoms with Crippen LogP contribution in [0.3, 0.4) is 0 Å². The summed E-state index contributed by atoms with van der Waals surface area (Å²) in [6.07, 6.45) is 2.94. The van der Waals surface area contributed by atoms with Crippen molar-refractivity contribution in [2.45, 2.75) is 53.7 Å². The molecule has 2 aromatic rings. The zero-order chi connectivity index (χ0) is 22.8. The molecule has 2 aliphatic rings. The zero-order valence-corrected chi connectivity index (χ0v) is 21.1. The van der Waals surface area contributed by atoms with Crippen LogP contribution in [0, 0.1) is 10.4 Å². The van der Waals surface area contributed by atoms with Gasteiger partial charge in [0.15, 0.2) is 0 Å². The Bertz CT molecular complexity index is 1060. The number of hydrogen-bond donors (Lipinski definition) is 3. The van der Waals surface area contributed by atoms with Gasteiger partial charge in [-0.1, -0.05) is 38.3 Å². The lowest BCUT2D eigenvalue weighted by atomic mass is 10.0. The van der Waals surface area contributed by atoms with Crippen LogP contribution in [0.4, 0.5) is 10.5 Å². The maximum atomic E-state index is 12.7. The van der Waals surface area contributed by atoms with E-state index in [4.69, 9.17) is 0 Å². The Morgan fingerprint density at radius 3 is 2.56 bits per heavy atom. The Morgan fingerprint density at radius 2 is 1.84 bits per heavy atom. The van der Waals surface area contributed by atoms with E-state index in [0.717, 1.165) is 34.5 Å². The summed E-state index contributed by atoms with van der Waals surface area (Å²) in [7, 11) is 0. The minimum absolute atomic E-state index is 0.0892. The molecular weight excluding hydrogens is 566 g/mol. The number of unbranched alkanes of at least 4 members (excludes halogenated alkanes) is 1. The van der Waals surface area contributed by atoms with Crippen molar-refractivity contribution in [3.63, 3.8) is 0 Å². The third-order valence-electron chi connectivity index (χ3n) is 5.85. The van der Waals surface area contributed by atoms with Crippen LogP contribution >= 0.6 is 43.6 Å². The number of halogens is 2. The molecule has 1 aromatic heterocycles. The molecule has 2 aliphatic heterocycles. The summed E-state index contributed by atoms with van der Waals surface area (Å²) in [6.45, 7) is 0. The predicted octanol–water partition coefficient (Wildman–Crippen LogP) is 2.56. The molecular formula is C20H23Br2N5O4S. The van der Waals surface area contributed by atoms with Crippen molar-refractivity contribution in [3.05, 3.63) is 40.0 Å². The van der Waals surface area contributed by atoms with Gasteiger partial charge in [-0.15, -0.1) is 0 Å². The number of carbonyl (C=O) groups is 2. The van der Waals surface area contributed by atoms with Crippen LogP contribution in [0.5, 0.6) is 0 Å². The summed E-state index contributed by atoms with van der Waals surface area (Å²) in [5, 5.41) is 34.9. The number of nitrogens with one attached hydrogen (secondary N) is 3. The highest BCUT2D eigenvalue weighted by Crippen LogP contribution is 2.33. The Kier molecular flexibility index (Phi) is 7.30. The fourth-order valence-electron chi connectivity index (χ4n) is 4.22. The van der Waals surface area contributed by atoms with Crippen molar-refractivity contribution in [2.75, 3.05) is 11.1 Å². The molecule has 0 unspecified atom stereocenters. The number of urea groups is 1. The number of fused-ring (bicyclic) bond motifs is 2. The lowest BCUT2D eigenvalue weighted by Gasteiger charge is -2.16. The molecule has 0 bridgehead atoms. The largest absolute Gasteiger partial charge is 0.618 e. The molecule has 0 saturated carbocycles. The van der Waals surface area contributed by atoms with Crippen LogP contribution in [-0.4, -0.2) is 35.0 Å². The first-order chi connectivity index (χ1) is 15.4. The van der Waals surface area contributed by atoms with Gasteiger partial charge in [0.1, 0.15) is 0 Å². The van der Waals surface area contributed by atoms with E-state index < -0.39 is 0 Å². The topological polar surface area (TPSA) is 124 Å². The van der Waals surface area contributed by atoms with Crippen LogP contribution in [0.25, 0.3) is 11.0 Å². The number of thioether (sulfide) groups is 1. The van der Waals surface area contributed by atoms with Crippen molar-refractivity contribution in [1.82, 2.24) is 10.6 Å². The number of carbonyl (C=O) groups excluding carboxylic acids is 2. The molecule has 3 atom stereocenters. The summed E-state index contributed by atoms with van der Waals surface area (Å²) < 4.78 is 1.47. The van der Waals surface area contributed by atoms with Crippen LogP contribution in [0.2, 0.25) is 0 Å². The third-order valence-corrected chi connectivity index (χ3v) is 8.42.